The van der Waals surface area contributed by atoms with Gasteiger partial charge in [-0.25, -0.2) is 0 Å². The average molecular weight is 543 g/mol. The number of hydrogen-bond acceptors (Lipinski definition) is 6. The van der Waals surface area contributed by atoms with E-state index in [2.05, 4.69) is 44.9 Å². The first kappa shape index (κ1) is 29.4. The molecule has 1 aromatic rings. The van der Waals surface area contributed by atoms with Gasteiger partial charge in [0.05, 0.1) is 29.6 Å². The second-order valence-corrected chi connectivity index (χ2v) is 15.5. The van der Waals surface area contributed by atoms with Gasteiger partial charge in [0.1, 0.15) is 0 Å². The third-order valence-corrected chi connectivity index (χ3v) is 13.2. The Morgan fingerprint density at radius 2 is 1.69 bits per heavy atom. The lowest BCUT2D eigenvalue weighted by Gasteiger charge is -2.71. The summed E-state index contributed by atoms with van der Waals surface area (Å²) >= 11 is 0. The van der Waals surface area contributed by atoms with Crippen LogP contribution in [-0.2, 0) is 6.54 Å². The predicted molar refractivity (Wildman–Crippen MR) is 154 cm³/mol. The van der Waals surface area contributed by atoms with Crippen molar-refractivity contribution in [2.24, 2.45) is 45.3 Å². The van der Waals surface area contributed by atoms with Crippen LogP contribution < -0.4 is 5.32 Å². The van der Waals surface area contributed by atoms with Crippen LogP contribution in [0.3, 0.4) is 0 Å². The van der Waals surface area contributed by atoms with Crippen LogP contribution >= 0.6 is 0 Å². The van der Waals surface area contributed by atoms with Gasteiger partial charge in [-0.1, -0.05) is 40.7 Å². The Hall–Kier alpha value is -1.05. The molecule has 4 saturated carbocycles. The molecule has 39 heavy (non-hydrogen) atoms. The molecular formula is C33H54N2O4. The number of pyridine rings is 1. The van der Waals surface area contributed by atoms with Crippen LogP contribution in [0, 0.1) is 45.3 Å². The van der Waals surface area contributed by atoms with Gasteiger partial charge in [0, 0.05) is 12.7 Å². The van der Waals surface area contributed by atoms with Crippen LogP contribution in [0.5, 0.6) is 0 Å². The fourth-order valence-electron chi connectivity index (χ4n) is 11.1. The molecule has 0 aromatic carbocycles. The molecule has 1 heterocycles. The summed E-state index contributed by atoms with van der Waals surface area (Å²) < 4.78 is 0. The van der Waals surface area contributed by atoms with Crippen LogP contribution in [0.2, 0.25) is 0 Å². The monoisotopic (exact) mass is 542 g/mol. The lowest BCUT2D eigenvalue weighted by Crippen LogP contribution is -2.68. The van der Waals surface area contributed by atoms with E-state index < -0.39 is 23.9 Å². The largest absolute Gasteiger partial charge is 0.393 e. The van der Waals surface area contributed by atoms with E-state index in [1.807, 2.05) is 31.3 Å². The number of aromatic nitrogens is 1. The molecule has 5 N–H and O–H groups in total. The molecule has 1 aromatic heterocycles. The van der Waals surface area contributed by atoms with E-state index >= 15 is 0 Å². The van der Waals surface area contributed by atoms with E-state index in [1.165, 1.54) is 0 Å². The smallest absolute Gasteiger partial charge is 0.0852 e. The van der Waals surface area contributed by atoms with Crippen molar-refractivity contribution in [2.75, 3.05) is 6.54 Å². The maximum Gasteiger partial charge on any atom is 0.0852 e. The van der Waals surface area contributed by atoms with Gasteiger partial charge in [0.25, 0.3) is 0 Å². The van der Waals surface area contributed by atoms with Gasteiger partial charge in [-0.3, -0.25) is 4.98 Å². The Morgan fingerprint density at radius 1 is 0.974 bits per heavy atom. The van der Waals surface area contributed by atoms with Crippen molar-refractivity contribution in [3.8, 4) is 0 Å². The first-order chi connectivity index (χ1) is 18.2. The summed E-state index contributed by atoms with van der Waals surface area (Å²) in [6, 6.07) is 5.94. The summed E-state index contributed by atoms with van der Waals surface area (Å²) in [4.78, 5) is 4.37. The molecule has 0 amide bonds. The van der Waals surface area contributed by atoms with E-state index in [-0.39, 0.29) is 39.4 Å². The predicted octanol–water partition coefficient (Wildman–Crippen LogP) is 4.69. The zero-order chi connectivity index (χ0) is 28.4. The lowest BCUT2D eigenvalue weighted by molar-refractivity contribution is -0.263. The van der Waals surface area contributed by atoms with Gasteiger partial charge >= 0.3 is 0 Å². The molecule has 4 aliphatic carbocycles. The first-order valence-corrected chi connectivity index (χ1v) is 15.6. The van der Waals surface area contributed by atoms with Crippen molar-refractivity contribution in [2.45, 2.75) is 123 Å². The van der Waals surface area contributed by atoms with Gasteiger partial charge < -0.3 is 25.7 Å². The zero-order valence-electron chi connectivity index (χ0n) is 25.2. The maximum absolute atomic E-state index is 11.9. The molecule has 0 unspecified atom stereocenters. The zero-order valence-corrected chi connectivity index (χ0v) is 25.2. The highest BCUT2D eigenvalue weighted by atomic mass is 16.3. The fourth-order valence-corrected chi connectivity index (χ4v) is 11.1. The van der Waals surface area contributed by atoms with E-state index in [4.69, 9.17) is 0 Å². The van der Waals surface area contributed by atoms with E-state index in [9.17, 15) is 20.4 Å². The minimum Gasteiger partial charge on any atom is -0.393 e. The molecule has 5 rings (SSSR count). The number of aliphatic hydroxyl groups is 4. The third kappa shape index (κ3) is 4.52. The third-order valence-electron chi connectivity index (χ3n) is 13.2. The van der Waals surface area contributed by atoms with Crippen LogP contribution in [-0.4, -0.2) is 55.9 Å². The highest BCUT2D eigenvalue weighted by molar-refractivity contribution is 5.20. The average Bonchev–Trinajstić information content (AvgIpc) is 3.25. The summed E-state index contributed by atoms with van der Waals surface area (Å²) in [5, 5.41) is 49.1. The molecule has 0 saturated heterocycles. The summed E-state index contributed by atoms with van der Waals surface area (Å²) in [6.45, 7) is 15.0. The van der Waals surface area contributed by atoms with Gasteiger partial charge in [0.15, 0.2) is 0 Å². The van der Waals surface area contributed by atoms with Crippen LogP contribution in [0.1, 0.15) is 98.6 Å². The molecular weight excluding hydrogens is 488 g/mol. The number of hydrogen-bond donors (Lipinski definition) is 5. The number of nitrogens with one attached hydrogen (secondary N) is 1. The first-order valence-electron chi connectivity index (χ1n) is 15.6. The summed E-state index contributed by atoms with van der Waals surface area (Å²) in [5.74, 6) is 0.739. The van der Waals surface area contributed by atoms with Crippen molar-refractivity contribution in [3.05, 3.63) is 30.1 Å². The molecule has 0 spiro atoms. The molecule has 0 radical (unpaired) electrons. The molecule has 6 nitrogen and oxygen atoms in total. The second kappa shape index (κ2) is 10.0. The molecule has 4 aliphatic rings. The van der Waals surface area contributed by atoms with Crippen molar-refractivity contribution < 1.29 is 20.4 Å². The molecule has 220 valence electrons. The minimum atomic E-state index is -0.826. The molecule has 11 atom stereocenters. The Morgan fingerprint density at radius 3 is 2.38 bits per heavy atom. The van der Waals surface area contributed by atoms with E-state index in [0.717, 1.165) is 57.3 Å². The molecule has 4 fully saturated rings. The normalized spacial score (nSPS) is 46.6. The van der Waals surface area contributed by atoms with E-state index in [0.29, 0.717) is 18.8 Å². The van der Waals surface area contributed by atoms with Crippen LogP contribution in [0.4, 0.5) is 0 Å². The van der Waals surface area contributed by atoms with Gasteiger partial charge in [-0.2, -0.15) is 0 Å². The summed E-state index contributed by atoms with van der Waals surface area (Å²) in [5.41, 5.74) is -0.341. The van der Waals surface area contributed by atoms with E-state index in [1.54, 1.807) is 0 Å². The number of fused-ring (bicyclic) bond motifs is 5. The maximum atomic E-state index is 11.9. The Bertz CT molecular complexity index is 1020. The summed E-state index contributed by atoms with van der Waals surface area (Å²) in [6.07, 6.45) is 6.93. The fraction of sp³-hybridized carbons (Fsp3) is 0.848. The van der Waals surface area contributed by atoms with Gasteiger partial charge in [-0.15, -0.1) is 0 Å². The molecule has 0 bridgehead atoms. The number of aliphatic hydroxyl groups excluding tert-OH is 3. The topological polar surface area (TPSA) is 106 Å². The summed E-state index contributed by atoms with van der Waals surface area (Å²) in [7, 11) is 0. The quantitative estimate of drug-likeness (QED) is 0.320. The SMILES string of the molecule is CC1(C)[C@@H](O)[C@H](O)C[C@]2(C)[C@H]3C[C@@H](O)[C@@H]4[C@@H]([C@@](C)(O)CCCNCc5ccccn5)CC[C@@]4(C)[C@]3(C)CC[C@@H]12. The standard InChI is InChI=1S/C33H54N2O4/c1-29(2)25-12-15-31(4)26(30(25,3)19-24(37)28(29)38)18-23(36)27-22(11-14-32(27,31)5)33(6,39)13-9-16-34-20-21-10-7-8-17-35-21/h7-8,10,17,22-28,34,36-39H,9,11-16,18-20H2,1-6H3/t22-,23+,24+,25-,26+,27-,28-,30-,31+,32+,33-/m0/s1. The lowest BCUT2D eigenvalue weighted by atomic mass is 9.35. The Balaban J connectivity index is 1.31. The highest BCUT2D eigenvalue weighted by Gasteiger charge is 2.72. The van der Waals surface area contributed by atoms with Crippen molar-refractivity contribution in [1.82, 2.24) is 10.3 Å². The van der Waals surface area contributed by atoms with Gasteiger partial charge in [-0.05, 0) is 122 Å². The van der Waals surface area contributed by atoms with Crippen molar-refractivity contribution >= 4 is 0 Å². The van der Waals surface area contributed by atoms with Crippen LogP contribution in [0.15, 0.2) is 24.4 Å². The highest BCUT2D eigenvalue weighted by Crippen LogP contribution is 2.75. The Kier molecular flexibility index (Phi) is 7.58. The Labute approximate surface area is 236 Å². The van der Waals surface area contributed by atoms with Crippen molar-refractivity contribution in [1.29, 1.82) is 0 Å². The van der Waals surface area contributed by atoms with Gasteiger partial charge in [0.2, 0.25) is 0 Å². The molecule has 0 aliphatic heterocycles. The van der Waals surface area contributed by atoms with Crippen LogP contribution in [0.25, 0.3) is 0 Å². The second-order valence-electron chi connectivity index (χ2n) is 15.5. The number of rotatable bonds is 7. The number of nitrogens with zero attached hydrogens (tertiary/aromatic N) is 1. The minimum absolute atomic E-state index is 0.0231. The van der Waals surface area contributed by atoms with Crippen molar-refractivity contribution in [3.63, 3.8) is 0 Å². The molecule has 6 heteroatoms.